The van der Waals surface area contributed by atoms with Crippen LogP contribution >= 0.6 is 11.6 Å². The minimum absolute atomic E-state index is 0. The molecule has 2 fully saturated rings. The highest BCUT2D eigenvalue weighted by Crippen LogP contribution is 2.30. The second-order valence-electron chi connectivity index (χ2n) is 12.3. The average molecular weight is 688 g/mol. The van der Waals surface area contributed by atoms with Crippen LogP contribution in [0.15, 0.2) is 66.7 Å². The van der Waals surface area contributed by atoms with Crippen molar-refractivity contribution < 1.29 is 35.4 Å². The van der Waals surface area contributed by atoms with Crippen LogP contribution in [-0.4, -0.2) is 85.7 Å². The minimum Gasteiger partial charge on any atom is -1.00 e. The summed E-state index contributed by atoms with van der Waals surface area (Å²) in [6.07, 6.45) is 2.83. The van der Waals surface area contributed by atoms with Crippen molar-refractivity contribution in [2.24, 2.45) is 11.7 Å². The zero-order chi connectivity index (χ0) is 30.4. The molecule has 2 heterocycles. The van der Waals surface area contributed by atoms with Gasteiger partial charge in [-0.1, -0.05) is 54.1 Å². The van der Waals surface area contributed by atoms with E-state index in [4.69, 9.17) is 22.1 Å². The Hall–Kier alpha value is -2.49. The highest BCUT2D eigenvalue weighted by molar-refractivity contribution is 6.30. The highest BCUT2D eigenvalue weighted by atomic mass is 79.9. The lowest BCUT2D eigenvalue weighted by atomic mass is 9.87. The molecule has 2 aliphatic rings. The Labute approximate surface area is 277 Å². The van der Waals surface area contributed by atoms with Gasteiger partial charge in [-0.05, 0) is 53.8 Å². The third kappa shape index (κ3) is 8.40. The average Bonchev–Trinajstić information content (AvgIpc) is 3.02. The summed E-state index contributed by atoms with van der Waals surface area (Å²) in [6.45, 7) is 8.48. The minimum atomic E-state index is -0.478. The van der Waals surface area contributed by atoms with E-state index in [-0.39, 0.29) is 34.6 Å². The molecule has 238 valence electrons. The monoisotopic (exact) mass is 686 g/mol. The Morgan fingerprint density at radius 1 is 1.05 bits per heavy atom. The lowest BCUT2D eigenvalue weighted by Crippen LogP contribution is -3.00. The maximum Gasteiger partial charge on any atom is 0.239 e. The van der Waals surface area contributed by atoms with Gasteiger partial charge in [0.2, 0.25) is 5.91 Å². The molecule has 3 aromatic carbocycles. The number of hydrogen-bond donors (Lipinski definition) is 1. The summed E-state index contributed by atoms with van der Waals surface area (Å²) < 4.78 is 21.2. The second-order valence-corrected chi connectivity index (χ2v) is 12.8. The van der Waals surface area contributed by atoms with Crippen LogP contribution in [0, 0.1) is 11.7 Å². The summed E-state index contributed by atoms with van der Waals surface area (Å²) in [5.41, 5.74) is 10.9. The Balaban J connectivity index is 0.00000442. The number of quaternary nitrogens is 1. The van der Waals surface area contributed by atoms with E-state index in [2.05, 4.69) is 48.3 Å². The molecule has 1 atom stereocenters. The smallest absolute Gasteiger partial charge is 0.239 e. The molecule has 1 amide bonds. The number of ether oxygens (including phenoxy) is 1. The standard InChI is InChI=1S/C35H45ClFN4O2.BrH/c1-3-43-33-11-7-10-32(37)31(33)25-39-17-19-40(20-18-39)35(42)34(38)27-14-21-41(2,22-15-27)23-16-28-24-29(36)12-13-30(28)26-8-5-4-6-9-26;/h4-13,24,27,34H,3,14-23,25,38H2,1-2H3;1H/q+1;/p-1/t27?,34-,41?;/m1./s1. The van der Waals surface area contributed by atoms with E-state index in [9.17, 15) is 9.18 Å². The number of rotatable bonds is 10. The number of likely N-dealkylation sites (tertiary alicyclic amines) is 1. The Bertz CT molecular complexity index is 1380. The highest BCUT2D eigenvalue weighted by Gasteiger charge is 2.37. The normalized spacial score (nSPS) is 21.4. The molecule has 0 aromatic heterocycles. The molecule has 0 radical (unpaired) electrons. The van der Waals surface area contributed by atoms with Crippen LogP contribution in [0.25, 0.3) is 11.1 Å². The van der Waals surface area contributed by atoms with Crippen molar-refractivity contribution in [3.63, 3.8) is 0 Å². The number of hydrogen-bond acceptors (Lipinski definition) is 4. The number of benzene rings is 3. The van der Waals surface area contributed by atoms with E-state index in [0.29, 0.717) is 50.6 Å². The number of amides is 1. The van der Waals surface area contributed by atoms with E-state index >= 15 is 0 Å². The van der Waals surface area contributed by atoms with E-state index in [1.54, 1.807) is 6.07 Å². The first kappa shape index (κ1) is 34.4. The van der Waals surface area contributed by atoms with Gasteiger partial charge >= 0.3 is 0 Å². The van der Waals surface area contributed by atoms with Gasteiger partial charge in [-0.3, -0.25) is 9.69 Å². The molecule has 3 aromatic rings. The topological polar surface area (TPSA) is 58.8 Å². The van der Waals surface area contributed by atoms with Crippen molar-refractivity contribution in [1.82, 2.24) is 9.80 Å². The summed E-state index contributed by atoms with van der Waals surface area (Å²) in [4.78, 5) is 17.5. The van der Waals surface area contributed by atoms with E-state index in [1.807, 2.05) is 30.0 Å². The molecule has 0 unspecified atom stereocenters. The van der Waals surface area contributed by atoms with E-state index in [1.165, 1.54) is 22.8 Å². The molecule has 5 rings (SSSR count). The number of carbonyl (C=O) groups is 1. The first-order chi connectivity index (χ1) is 20.8. The summed E-state index contributed by atoms with van der Waals surface area (Å²) in [5.74, 6) is 0.580. The van der Waals surface area contributed by atoms with Gasteiger partial charge in [0.05, 0.1) is 39.3 Å². The number of halogens is 3. The molecule has 6 nitrogen and oxygen atoms in total. The van der Waals surface area contributed by atoms with Crippen LogP contribution in [0.5, 0.6) is 5.75 Å². The third-order valence-corrected chi connectivity index (χ3v) is 9.62. The van der Waals surface area contributed by atoms with Gasteiger partial charge < -0.3 is 36.8 Å². The fraction of sp³-hybridized carbons (Fsp3) is 0.457. The zero-order valence-electron chi connectivity index (χ0n) is 25.9. The van der Waals surface area contributed by atoms with Gasteiger partial charge in [0, 0.05) is 62.6 Å². The predicted molar refractivity (Wildman–Crippen MR) is 172 cm³/mol. The summed E-state index contributed by atoms with van der Waals surface area (Å²) in [6, 6.07) is 21.2. The first-order valence-electron chi connectivity index (χ1n) is 15.6. The van der Waals surface area contributed by atoms with Crippen molar-refractivity contribution in [1.29, 1.82) is 0 Å². The van der Waals surface area contributed by atoms with Gasteiger partial charge in [-0.15, -0.1) is 0 Å². The maximum absolute atomic E-state index is 14.5. The molecule has 2 saturated heterocycles. The fourth-order valence-electron chi connectivity index (χ4n) is 6.60. The van der Waals surface area contributed by atoms with Crippen LogP contribution in [0.1, 0.15) is 30.9 Å². The number of nitrogens with two attached hydrogens (primary N) is 1. The summed E-state index contributed by atoms with van der Waals surface area (Å²) in [5, 5.41) is 0.767. The summed E-state index contributed by atoms with van der Waals surface area (Å²) in [7, 11) is 2.32. The number of carbonyl (C=O) groups excluding carboxylic acids is 1. The van der Waals surface area contributed by atoms with Crippen molar-refractivity contribution in [3.05, 3.63) is 88.7 Å². The molecule has 0 aliphatic carbocycles. The van der Waals surface area contributed by atoms with Gasteiger partial charge in [-0.25, -0.2) is 4.39 Å². The van der Waals surface area contributed by atoms with Crippen LogP contribution in [0.3, 0.4) is 0 Å². The van der Waals surface area contributed by atoms with Crippen molar-refractivity contribution in [2.75, 3.05) is 59.5 Å². The molecule has 0 spiro atoms. The molecular weight excluding hydrogens is 643 g/mol. The van der Waals surface area contributed by atoms with Crippen LogP contribution in [0.2, 0.25) is 5.02 Å². The van der Waals surface area contributed by atoms with E-state index in [0.717, 1.165) is 48.4 Å². The summed E-state index contributed by atoms with van der Waals surface area (Å²) >= 11 is 6.40. The maximum atomic E-state index is 14.5. The Morgan fingerprint density at radius 3 is 2.43 bits per heavy atom. The third-order valence-electron chi connectivity index (χ3n) is 9.39. The molecule has 44 heavy (non-hydrogen) atoms. The van der Waals surface area contributed by atoms with Crippen LogP contribution < -0.4 is 27.5 Å². The lowest BCUT2D eigenvalue weighted by Gasteiger charge is -2.43. The lowest BCUT2D eigenvalue weighted by molar-refractivity contribution is -0.915. The quantitative estimate of drug-likeness (QED) is 0.334. The first-order valence-corrected chi connectivity index (χ1v) is 16.0. The van der Waals surface area contributed by atoms with Crippen molar-refractivity contribution >= 4 is 17.5 Å². The second kappa shape index (κ2) is 15.7. The molecule has 0 bridgehead atoms. The predicted octanol–water partition coefficient (Wildman–Crippen LogP) is 2.62. The number of piperazine rings is 1. The molecule has 2 aliphatic heterocycles. The van der Waals surface area contributed by atoms with Crippen molar-refractivity contribution in [3.8, 4) is 16.9 Å². The van der Waals surface area contributed by atoms with Crippen molar-refractivity contribution in [2.45, 2.75) is 38.8 Å². The zero-order valence-corrected chi connectivity index (χ0v) is 28.2. The van der Waals surface area contributed by atoms with E-state index < -0.39 is 6.04 Å². The van der Waals surface area contributed by atoms with Gasteiger partial charge in [0.25, 0.3) is 0 Å². The largest absolute Gasteiger partial charge is 1.00 e. The van der Waals surface area contributed by atoms with Gasteiger partial charge in [0.1, 0.15) is 11.6 Å². The number of nitrogens with zero attached hydrogens (tertiary/aromatic N) is 3. The molecule has 2 N–H and O–H groups in total. The molecule has 0 saturated carbocycles. The fourth-order valence-corrected chi connectivity index (χ4v) is 6.79. The Morgan fingerprint density at radius 2 is 1.75 bits per heavy atom. The Kier molecular flexibility index (Phi) is 12.3. The number of likely N-dealkylation sites (N-methyl/N-ethyl adjacent to an activating group) is 1. The molecular formula is C35H45BrClFN4O2. The van der Waals surface area contributed by atoms with Crippen LogP contribution in [-0.2, 0) is 17.8 Å². The van der Waals surface area contributed by atoms with Gasteiger partial charge in [0.15, 0.2) is 0 Å². The van der Waals surface area contributed by atoms with Gasteiger partial charge in [-0.2, -0.15) is 0 Å². The SMILES string of the molecule is CCOc1cccc(F)c1CN1CCN(C(=O)[C@H](N)C2CC[N+](C)(CCc3cc(Cl)ccc3-c3ccccc3)CC2)CC1.[Br-]. The number of piperidine rings is 1. The van der Waals surface area contributed by atoms with Crippen LogP contribution in [0.4, 0.5) is 4.39 Å². The molecule has 9 heteroatoms.